The van der Waals surface area contributed by atoms with E-state index >= 15 is 0 Å². The highest BCUT2D eigenvalue weighted by Crippen LogP contribution is 2.12. The van der Waals surface area contributed by atoms with Crippen molar-refractivity contribution >= 4 is 0 Å². The molecule has 0 aliphatic rings. The van der Waals surface area contributed by atoms with E-state index in [1.54, 1.807) is 6.07 Å². The smallest absolute Gasteiger partial charge is 0.182 e. The molecule has 0 aromatic carbocycles. The number of nitrogens with zero attached hydrogens (tertiary/aromatic N) is 2. The van der Waals surface area contributed by atoms with Gasteiger partial charge in [0.2, 0.25) is 0 Å². The molecule has 0 radical (unpaired) electrons. The van der Waals surface area contributed by atoms with E-state index in [1.165, 1.54) is 19.3 Å². The molecule has 3 heteroatoms. The zero-order valence-corrected chi connectivity index (χ0v) is 6.15. The summed E-state index contributed by atoms with van der Waals surface area (Å²) >= 11 is 0. The lowest BCUT2D eigenvalue weighted by atomic mass is 10.1. The van der Waals surface area contributed by atoms with Crippen molar-refractivity contribution in [1.29, 1.82) is 0 Å². The second kappa shape index (κ2) is 2.69. The van der Waals surface area contributed by atoms with Crippen molar-refractivity contribution in [1.82, 2.24) is 9.97 Å². The van der Waals surface area contributed by atoms with Crippen LogP contribution < -0.4 is 0 Å². The fraction of sp³-hybridized carbons (Fsp3) is 0.250. The summed E-state index contributed by atoms with van der Waals surface area (Å²) in [5, 5.41) is 9.43. The second-order valence-corrected chi connectivity index (χ2v) is 2.29. The quantitative estimate of drug-likeness (QED) is 0.583. The SMILES string of the molecule is C#C[C@](C)(O)c1ncccn1. The molecule has 0 aliphatic heterocycles. The van der Waals surface area contributed by atoms with Gasteiger partial charge in [-0.05, 0) is 13.0 Å². The van der Waals surface area contributed by atoms with Gasteiger partial charge in [0.05, 0.1) is 0 Å². The molecule has 11 heavy (non-hydrogen) atoms. The Balaban J connectivity index is 3.05. The van der Waals surface area contributed by atoms with Crippen molar-refractivity contribution in [3.05, 3.63) is 24.3 Å². The van der Waals surface area contributed by atoms with Gasteiger partial charge in [0.25, 0.3) is 0 Å². The summed E-state index contributed by atoms with van der Waals surface area (Å²) in [5.41, 5.74) is -1.36. The zero-order chi connectivity index (χ0) is 8.32. The van der Waals surface area contributed by atoms with Gasteiger partial charge in [-0.2, -0.15) is 0 Å². The summed E-state index contributed by atoms with van der Waals surface area (Å²) < 4.78 is 0. The van der Waals surface area contributed by atoms with E-state index in [4.69, 9.17) is 6.42 Å². The molecular formula is C8H8N2O. The van der Waals surface area contributed by atoms with Crippen LogP contribution in [0.1, 0.15) is 12.7 Å². The first-order valence-corrected chi connectivity index (χ1v) is 3.14. The fourth-order valence-corrected chi connectivity index (χ4v) is 0.615. The summed E-state index contributed by atoms with van der Waals surface area (Å²) in [7, 11) is 0. The molecule has 0 bridgehead atoms. The topological polar surface area (TPSA) is 46.0 Å². The molecule has 1 aromatic rings. The molecule has 0 saturated heterocycles. The second-order valence-electron chi connectivity index (χ2n) is 2.29. The van der Waals surface area contributed by atoms with Crippen molar-refractivity contribution in [3.8, 4) is 12.3 Å². The third kappa shape index (κ3) is 1.54. The highest BCUT2D eigenvalue weighted by atomic mass is 16.3. The average molecular weight is 148 g/mol. The van der Waals surface area contributed by atoms with E-state index in [0.29, 0.717) is 0 Å². The maximum atomic E-state index is 9.43. The van der Waals surface area contributed by atoms with E-state index in [2.05, 4.69) is 15.9 Å². The molecule has 1 heterocycles. The summed E-state index contributed by atoms with van der Waals surface area (Å²) in [6, 6.07) is 1.66. The van der Waals surface area contributed by atoms with Crippen LogP contribution in [0.5, 0.6) is 0 Å². The summed E-state index contributed by atoms with van der Waals surface area (Å²) in [5.74, 6) is 2.44. The lowest BCUT2D eigenvalue weighted by Gasteiger charge is -2.12. The Morgan fingerprint density at radius 3 is 2.55 bits per heavy atom. The molecule has 3 nitrogen and oxygen atoms in total. The molecule has 56 valence electrons. The molecule has 0 unspecified atom stereocenters. The largest absolute Gasteiger partial charge is 0.371 e. The van der Waals surface area contributed by atoms with Crippen molar-refractivity contribution < 1.29 is 5.11 Å². The third-order valence-electron chi connectivity index (χ3n) is 1.28. The van der Waals surface area contributed by atoms with Crippen LogP contribution in [0.4, 0.5) is 0 Å². The third-order valence-corrected chi connectivity index (χ3v) is 1.28. The van der Waals surface area contributed by atoms with Crippen LogP contribution in [0.15, 0.2) is 18.5 Å². The van der Waals surface area contributed by atoms with Gasteiger partial charge < -0.3 is 5.11 Å². The monoisotopic (exact) mass is 148 g/mol. The predicted molar refractivity (Wildman–Crippen MR) is 40.4 cm³/mol. The highest BCUT2D eigenvalue weighted by molar-refractivity contribution is 5.15. The average Bonchev–Trinajstić information content (AvgIpc) is 2.06. The van der Waals surface area contributed by atoms with Crippen LogP contribution in [-0.4, -0.2) is 15.1 Å². The van der Waals surface area contributed by atoms with Gasteiger partial charge in [0, 0.05) is 12.4 Å². The van der Waals surface area contributed by atoms with E-state index in [0.717, 1.165) is 0 Å². The van der Waals surface area contributed by atoms with Gasteiger partial charge >= 0.3 is 0 Å². The Morgan fingerprint density at radius 2 is 2.09 bits per heavy atom. The Bertz CT molecular complexity index is 274. The van der Waals surface area contributed by atoms with E-state index < -0.39 is 5.60 Å². The zero-order valence-electron chi connectivity index (χ0n) is 6.15. The lowest BCUT2D eigenvalue weighted by molar-refractivity contribution is 0.112. The minimum Gasteiger partial charge on any atom is -0.371 e. The predicted octanol–water partition coefficient (Wildman–Crippen LogP) is 0.317. The lowest BCUT2D eigenvalue weighted by Crippen LogP contribution is -2.21. The van der Waals surface area contributed by atoms with Crippen molar-refractivity contribution in [2.75, 3.05) is 0 Å². The Kier molecular flexibility index (Phi) is 1.88. The number of aliphatic hydroxyl groups is 1. The highest BCUT2D eigenvalue weighted by Gasteiger charge is 2.22. The first kappa shape index (κ1) is 7.70. The molecule has 1 N–H and O–H groups in total. The number of hydrogen-bond acceptors (Lipinski definition) is 3. The van der Waals surface area contributed by atoms with Crippen molar-refractivity contribution in [2.24, 2.45) is 0 Å². The van der Waals surface area contributed by atoms with E-state index in [9.17, 15) is 5.11 Å². The molecule has 0 aliphatic carbocycles. The Morgan fingerprint density at radius 1 is 1.55 bits per heavy atom. The first-order chi connectivity index (χ1) is 5.17. The maximum Gasteiger partial charge on any atom is 0.182 e. The van der Waals surface area contributed by atoms with Gasteiger partial charge in [-0.1, -0.05) is 5.92 Å². The summed E-state index contributed by atoms with van der Waals surface area (Å²) in [6.07, 6.45) is 8.13. The molecule has 1 rings (SSSR count). The summed E-state index contributed by atoms with van der Waals surface area (Å²) in [4.78, 5) is 7.64. The van der Waals surface area contributed by atoms with Crippen molar-refractivity contribution in [3.63, 3.8) is 0 Å². The summed E-state index contributed by atoms with van der Waals surface area (Å²) in [6.45, 7) is 1.47. The van der Waals surface area contributed by atoms with Crippen LogP contribution in [-0.2, 0) is 5.60 Å². The molecule has 1 atom stereocenters. The number of hydrogen-bond donors (Lipinski definition) is 1. The van der Waals surface area contributed by atoms with E-state index in [1.807, 2.05) is 0 Å². The molecule has 0 amide bonds. The Labute approximate surface area is 65.1 Å². The van der Waals surface area contributed by atoms with Crippen LogP contribution in [0.25, 0.3) is 0 Å². The van der Waals surface area contributed by atoms with Crippen LogP contribution in [0, 0.1) is 12.3 Å². The first-order valence-electron chi connectivity index (χ1n) is 3.14. The number of rotatable bonds is 1. The fourth-order valence-electron chi connectivity index (χ4n) is 0.615. The van der Waals surface area contributed by atoms with E-state index in [-0.39, 0.29) is 5.82 Å². The molecule has 0 spiro atoms. The standard InChI is InChI=1S/C8H8N2O/c1-3-8(2,11)7-9-5-4-6-10-7/h1,4-6,11H,2H3/t8-/m0/s1. The Hall–Kier alpha value is -1.40. The molecular weight excluding hydrogens is 140 g/mol. The molecule has 0 fully saturated rings. The van der Waals surface area contributed by atoms with Gasteiger partial charge in [-0.25, -0.2) is 9.97 Å². The van der Waals surface area contributed by atoms with Gasteiger partial charge in [-0.3, -0.25) is 0 Å². The maximum absolute atomic E-state index is 9.43. The van der Waals surface area contributed by atoms with Crippen LogP contribution >= 0.6 is 0 Å². The molecule has 0 saturated carbocycles. The van der Waals surface area contributed by atoms with Gasteiger partial charge in [-0.15, -0.1) is 6.42 Å². The van der Waals surface area contributed by atoms with Crippen molar-refractivity contribution in [2.45, 2.75) is 12.5 Å². The number of aromatic nitrogens is 2. The van der Waals surface area contributed by atoms with Crippen LogP contribution in [0.3, 0.4) is 0 Å². The normalized spacial score (nSPS) is 15.0. The molecule has 1 aromatic heterocycles. The minimum absolute atomic E-state index is 0.252. The van der Waals surface area contributed by atoms with Crippen LogP contribution in [0.2, 0.25) is 0 Å². The van der Waals surface area contributed by atoms with Gasteiger partial charge in [0.15, 0.2) is 11.4 Å². The van der Waals surface area contributed by atoms with Gasteiger partial charge in [0.1, 0.15) is 0 Å². The minimum atomic E-state index is -1.36. The number of terminal acetylenes is 1.